The molecule has 0 amide bonds. The minimum atomic E-state index is -4.10. The number of anilines is 2. The number of nitrogens with zero attached hydrogens (tertiary/aromatic N) is 2. The summed E-state index contributed by atoms with van der Waals surface area (Å²) in [5.41, 5.74) is 1.33. The van der Waals surface area contributed by atoms with E-state index in [1.54, 1.807) is 19.9 Å². The lowest BCUT2D eigenvalue weighted by Gasteiger charge is -2.12. The molecule has 8 nitrogen and oxygen atoms in total. The summed E-state index contributed by atoms with van der Waals surface area (Å²) in [4.78, 5) is 7.70. The molecule has 2 aromatic carbocycles. The van der Waals surface area contributed by atoms with E-state index in [-0.39, 0.29) is 36.5 Å². The highest BCUT2D eigenvalue weighted by Crippen LogP contribution is 2.32. The van der Waals surface area contributed by atoms with Crippen molar-refractivity contribution in [2.24, 2.45) is 0 Å². The SMILES string of the molecule is Cc1cc(C)nc(NS(=O)(=O)c2ccc(NS(=O)(=O)c3cc(Cl)c(Cl)cc3Cl)cc2)n1. The highest BCUT2D eigenvalue weighted by Gasteiger charge is 2.21. The van der Waals surface area contributed by atoms with Crippen LogP contribution in [0.1, 0.15) is 11.4 Å². The van der Waals surface area contributed by atoms with Crippen LogP contribution in [0.25, 0.3) is 0 Å². The molecule has 0 radical (unpaired) electrons. The lowest BCUT2D eigenvalue weighted by molar-refractivity contribution is 0.599. The van der Waals surface area contributed by atoms with Gasteiger partial charge in [-0.3, -0.25) is 4.72 Å². The lowest BCUT2D eigenvalue weighted by Crippen LogP contribution is -2.16. The molecule has 0 saturated heterocycles. The Morgan fingerprint density at radius 3 is 1.84 bits per heavy atom. The van der Waals surface area contributed by atoms with Crippen LogP contribution in [-0.2, 0) is 20.0 Å². The second-order valence-electron chi connectivity index (χ2n) is 6.41. The average molecular weight is 522 g/mol. The molecule has 0 fully saturated rings. The third-order valence-corrected chi connectivity index (χ3v) is 7.80. The number of hydrogen-bond donors (Lipinski definition) is 2. The molecule has 0 aliphatic heterocycles. The van der Waals surface area contributed by atoms with Crippen LogP contribution in [0, 0.1) is 13.8 Å². The van der Waals surface area contributed by atoms with Crippen LogP contribution < -0.4 is 9.44 Å². The van der Waals surface area contributed by atoms with Crippen LogP contribution in [0.5, 0.6) is 0 Å². The van der Waals surface area contributed by atoms with Crippen LogP contribution in [0.4, 0.5) is 11.6 Å². The topological polar surface area (TPSA) is 118 Å². The van der Waals surface area contributed by atoms with Gasteiger partial charge in [-0.25, -0.2) is 31.5 Å². The zero-order valence-corrected chi connectivity index (χ0v) is 19.9. The summed E-state index contributed by atoms with van der Waals surface area (Å²) in [6, 6.07) is 9.11. The molecule has 1 heterocycles. The van der Waals surface area contributed by atoms with Crippen LogP contribution in [0.2, 0.25) is 15.1 Å². The summed E-state index contributed by atoms with van der Waals surface area (Å²) in [5.74, 6) is -0.0588. The zero-order chi connectivity index (χ0) is 23.0. The number of halogens is 3. The van der Waals surface area contributed by atoms with Crippen molar-refractivity contribution >= 4 is 66.5 Å². The fourth-order valence-electron chi connectivity index (χ4n) is 2.57. The molecule has 2 N–H and O–H groups in total. The Bertz CT molecular complexity index is 1340. The fraction of sp³-hybridized carbons (Fsp3) is 0.111. The molecular formula is C18H15Cl3N4O4S2. The molecule has 3 rings (SSSR count). The Hall–Kier alpha value is -2.11. The molecule has 0 spiro atoms. The van der Waals surface area contributed by atoms with E-state index in [0.29, 0.717) is 11.4 Å². The molecule has 31 heavy (non-hydrogen) atoms. The van der Waals surface area contributed by atoms with E-state index >= 15 is 0 Å². The molecule has 1 aromatic heterocycles. The smallest absolute Gasteiger partial charge is 0.264 e. The van der Waals surface area contributed by atoms with Gasteiger partial charge in [0.05, 0.1) is 20.0 Å². The molecule has 0 unspecified atom stereocenters. The Kier molecular flexibility index (Phi) is 6.68. The maximum atomic E-state index is 12.6. The summed E-state index contributed by atoms with van der Waals surface area (Å²) in [6.45, 7) is 3.43. The predicted octanol–water partition coefficient (Wildman–Crippen LogP) is 4.66. The Balaban J connectivity index is 1.83. The highest BCUT2D eigenvalue weighted by molar-refractivity contribution is 7.93. The largest absolute Gasteiger partial charge is 0.280 e. The molecule has 0 aliphatic rings. The lowest BCUT2D eigenvalue weighted by atomic mass is 10.3. The first-order valence-corrected chi connectivity index (χ1v) is 12.6. The summed E-state index contributed by atoms with van der Waals surface area (Å²) in [7, 11) is -8.08. The number of aryl methyl sites for hydroxylation is 2. The normalized spacial score (nSPS) is 11.9. The molecule has 13 heteroatoms. The second-order valence-corrected chi connectivity index (χ2v) is 11.0. The van der Waals surface area contributed by atoms with E-state index in [2.05, 4.69) is 19.4 Å². The van der Waals surface area contributed by atoms with Gasteiger partial charge in [-0.2, -0.15) is 0 Å². The van der Waals surface area contributed by atoms with Gasteiger partial charge in [-0.15, -0.1) is 0 Å². The number of aromatic nitrogens is 2. The van der Waals surface area contributed by atoms with Crippen molar-refractivity contribution in [2.75, 3.05) is 9.44 Å². The molecule has 164 valence electrons. The molecule has 0 bridgehead atoms. The Morgan fingerprint density at radius 2 is 1.26 bits per heavy atom. The van der Waals surface area contributed by atoms with Crippen LogP contribution in [-0.4, -0.2) is 26.8 Å². The van der Waals surface area contributed by atoms with Gasteiger partial charge in [0.15, 0.2) is 0 Å². The summed E-state index contributed by atoms with van der Waals surface area (Å²) in [6.07, 6.45) is 0. The maximum absolute atomic E-state index is 12.6. The van der Waals surface area contributed by atoms with Gasteiger partial charge in [-0.1, -0.05) is 34.8 Å². The maximum Gasteiger partial charge on any atom is 0.264 e. The van der Waals surface area contributed by atoms with Gasteiger partial charge in [0, 0.05) is 17.1 Å². The van der Waals surface area contributed by atoms with Gasteiger partial charge < -0.3 is 0 Å². The zero-order valence-electron chi connectivity index (χ0n) is 16.0. The van der Waals surface area contributed by atoms with Gasteiger partial charge in [0.2, 0.25) is 5.95 Å². The summed E-state index contributed by atoms with van der Waals surface area (Å²) < 4.78 is 55.0. The molecule has 0 saturated carbocycles. The highest BCUT2D eigenvalue weighted by atomic mass is 35.5. The number of benzene rings is 2. The van der Waals surface area contributed by atoms with Crippen molar-refractivity contribution in [3.63, 3.8) is 0 Å². The Labute approximate surface area is 194 Å². The number of rotatable bonds is 6. The van der Waals surface area contributed by atoms with Crippen LogP contribution in [0.3, 0.4) is 0 Å². The standard InChI is InChI=1S/C18H15Cl3N4O4S2/c1-10-7-11(2)23-18(22-10)25-30(26,27)13-5-3-12(4-6-13)24-31(28,29)17-9-15(20)14(19)8-16(17)21/h3-9,24H,1-2H3,(H,22,23,25). The first kappa shape index (κ1) is 23.6. The molecule has 3 aromatic rings. The van der Waals surface area contributed by atoms with Gasteiger partial charge in [0.1, 0.15) is 4.90 Å². The average Bonchev–Trinajstić information content (AvgIpc) is 2.63. The number of hydrogen-bond acceptors (Lipinski definition) is 6. The third kappa shape index (κ3) is 5.58. The van der Waals surface area contributed by atoms with Crippen LogP contribution >= 0.6 is 34.8 Å². The third-order valence-electron chi connectivity index (χ3n) is 3.89. The number of sulfonamides is 2. The van der Waals surface area contributed by atoms with Gasteiger partial charge in [0.25, 0.3) is 20.0 Å². The van der Waals surface area contributed by atoms with Crippen molar-refractivity contribution in [1.82, 2.24) is 9.97 Å². The summed E-state index contributed by atoms with van der Waals surface area (Å²) in [5, 5.41) is 0.0202. The molecular weight excluding hydrogens is 507 g/mol. The van der Waals surface area contributed by atoms with E-state index < -0.39 is 20.0 Å². The van der Waals surface area contributed by atoms with E-state index in [9.17, 15) is 16.8 Å². The minimum absolute atomic E-state index is 0.0209. The van der Waals surface area contributed by atoms with E-state index in [1.165, 1.54) is 30.3 Å². The Morgan fingerprint density at radius 1 is 0.710 bits per heavy atom. The fourth-order valence-corrected chi connectivity index (χ4v) is 5.58. The van der Waals surface area contributed by atoms with Crippen molar-refractivity contribution < 1.29 is 16.8 Å². The van der Waals surface area contributed by atoms with E-state index in [4.69, 9.17) is 34.8 Å². The molecule has 0 atom stereocenters. The predicted molar refractivity (Wildman–Crippen MR) is 121 cm³/mol. The van der Waals surface area contributed by atoms with Crippen LogP contribution in [0.15, 0.2) is 52.3 Å². The summed E-state index contributed by atoms with van der Waals surface area (Å²) >= 11 is 17.7. The first-order chi connectivity index (χ1) is 14.4. The number of nitrogens with one attached hydrogen (secondary N) is 2. The van der Waals surface area contributed by atoms with Gasteiger partial charge >= 0.3 is 0 Å². The molecule has 0 aliphatic carbocycles. The van der Waals surface area contributed by atoms with E-state index in [0.717, 1.165) is 6.07 Å². The van der Waals surface area contributed by atoms with E-state index in [1.807, 2.05) is 0 Å². The van der Waals surface area contributed by atoms with Crippen molar-refractivity contribution in [1.29, 1.82) is 0 Å². The van der Waals surface area contributed by atoms with Gasteiger partial charge in [-0.05, 0) is 56.3 Å². The van der Waals surface area contributed by atoms with Crippen molar-refractivity contribution in [2.45, 2.75) is 23.6 Å². The quantitative estimate of drug-likeness (QED) is 0.456. The van der Waals surface area contributed by atoms with Crippen molar-refractivity contribution in [3.8, 4) is 0 Å². The van der Waals surface area contributed by atoms with Crippen molar-refractivity contribution in [3.05, 3.63) is 68.9 Å². The monoisotopic (exact) mass is 520 g/mol. The second kappa shape index (κ2) is 8.79. The first-order valence-electron chi connectivity index (χ1n) is 8.50. The minimum Gasteiger partial charge on any atom is -0.280 e.